The first-order valence-electron chi connectivity index (χ1n) is 8.21. The molecule has 1 aliphatic carbocycles. The van der Waals surface area contributed by atoms with E-state index >= 15 is 0 Å². The molecule has 1 fully saturated rings. The number of halogens is 3. The molecule has 0 atom stereocenters. The van der Waals surface area contributed by atoms with Crippen LogP contribution < -0.4 is 0 Å². The van der Waals surface area contributed by atoms with Crippen LogP contribution >= 0.6 is 0 Å². The number of benzene rings is 2. The third kappa shape index (κ3) is 3.29. The van der Waals surface area contributed by atoms with Crippen LogP contribution in [0.1, 0.15) is 49.7 Å². The maximum absolute atomic E-state index is 14.5. The molecule has 122 valence electrons. The predicted octanol–water partition coefficient (Wildman–Crippen LogP) is 6.37. The Hall–Kier alpha value is -1.77. The van der Waals surface area contributed by atoms with Crippen molar-refractivity contribution in [3.8, 4) is 11.1 Å². The lowest BCUT2D eigenvalue weighted by atomic mass is 9.79. The zero-order valence-corrected chi connectivity index (χ0v) is 13.5. The van der Waals surface area contributed by atoms with Gasteiger partial charge in [0.15, 0.2) is 0 Å². The number of hydrogen-bond acceptors (Lipinski definition) is 0. The van der Waals surface area contributed by atoms with Crippen molar-refractivity contribution in [3.63, 3.8) is 0 Å². The Morgan fingerprint density at radius 3 is 2.09 bits per heavy atom. The van der Waals surface area contributed by atoms with Gasteiger partial charge < -0.3 is 0 Å². The SMILES string of the molecule is Cc1cc(F)c(-c2ccc(C3CCC(C)CC3)cc2F)cc1F. The number of rotatable bonds is 2. The summed E-state index contributed by atoms with van der Waals surface area (Å²) in [6.07, 6.45) is 4.44. The monoisotopic (exact) mass is 318 g/mol. The van der Waals surface area contributed by atoms with Gasteiger partial charge in [-0.1, -0.05) is 31.9 Å². The lowest BCUT2D eigenvalue weighted by Gasteiger charge is -2.26. The Balaban J connectivity index is 1.92. The lowest BCUT2D eigenvalue weighted by molar-refractivity contribution is 0.347. The minimum absolute atomic E-state index is 0.0191. The van der Waals surface area contributed by atoms with Crippen LogP contribution in [-0.4, -0.2) is 0 Å². The highest BCUT2D eigenvalue weighted by Crippen LogP contribution is 2.37. The third-order valence-corrected chi connectivity index (χ3v) is 5.02. The number of hydrogen-bond donors (Lipinski definition) is 0. The second-order valence-corrected chi connectivity index (χ2v) is 6.78. The molecule has 3 rings (SSSR count). The highest BCUT2D eigenvalue weighted by atomic mass is 19.1. The van der Waals surface area contributed by atoms with Crippen LogP contribution in [-0.2, 0) is 0 Å². The van der Waals surface area contributed by atoms with E-state index in [1.807, 2.05) is 6.07 Å². The van der Waals surface area contributed by atoms with Crippen LogP contribution in [0.3, 0.4) is 0 Å². The maximum Gasteiger partial charge on any atom is 0.131 e. The largest absolute Gasteiger partial charge is 0.207 e. The molecule has 0 saturated heterocycles. The Labute approximate surface area is 135 Å². The first-order chi connectivity index (χ1) is 11.0. The molecule has 0 spiro atoms. The van der Waals surface area contributed by atoms with Gasteiger partial charge in [-0.05, 0) is 60.9 Å². The van der Waals surface area contributed by atoms with E-state index in [-0.39, 0.29) is 16.7 Å². The average Bonchev–Trinajstić information content (AvgIpc) is 2.52. The van der Waals surface area contributed by atoms with Crippen molar-refractivity contribution in [3.05, 3.63) is 58.9 Å². The second kappa shape index (κ2) is 6.38. The van der Waals surface area contributed by atoms with Gasteiger partial charge in [-0.15, -0.1) is 0 Å². The van der Waals surface area contributed by atoms with Gasteiger partial charge in [0.25, 0.3) is 0 Å². The summed E-state index contributed by atoms with van der Waals surface area (Å²) in [5, 5.41) is 0. The molecule has 0 unspecified atom stereocenters. The van der Waals surface area contributed by atoms with Gasteiger partial charge in [-0.2, -0.15) is 0 Å². The van der Waals surface area contributed by atoms with Gasteiger partial charge in [0.05, 0.1) is 0 Å². The molecule has 0 N–H and O–H groups in total. The van der Waals surface area contributed by atoms with E-state index in [0.717, 1.165) is 49.3 Å². The molecule has 2 aromatic carbocycles. The van der Waals surface area contributed by atoms with Crippen molar-refractivity contribution in [2.45, 2.75) is 45.4 Å². The van der Waals surface area contributed by atoms with Gasteiger partial charge in [-0.3, -0.25) is 0 Å². The van der Waals surface area contributed by atoms with Crippen molar-refractivity contribution in [2.24, 2.45) is 5.92 Å². The molecular weight excluding hydrogens is 297 g/mol. The zero-order valence-electron chi connectivity index (χ0n) is 13.5. The topological polar surface area (TPSA) is 0 Å². The summed E-state index contributed by atoms with van der Waals surface area (Å²) in [6.45, 7) is 3.74. The smallest absolute Gasteiger partial charge is 0.131 e. The van der Waals surface area contributed by atoms with E-state index in [9.17, 15) is 13.2 Å². The van der Waals surface area contributed by atoms with E-state index in [1.54, 1.807) is 6.07 Å². The normalized spacial score (nSPS) is 21.4. The molecule has 1 aliphatic rings. The summed E-state index contributed by atoms with van der Waals surface area (Å²) < 4.78 is 42.2. The highest BCUT2D eigenvalue weighted by Gasteiger charge is 2.21. The summed E-state index contributed by atoms with van der Waals surface area (Å²) in [6, 6.07) is 7.12. The summed E-state index contributed by atoms with van der Waals surface area (Å²) in [5.74, 6) is -0.495. The number of aryl methyl sites for hydroxylation is 1. The minimum Gasteiger partial charge on any atom is -0.207 e. The molecule has 0 heterocycles. The van der Waals surface area contributed by atoms with Crippen LogP contribution in [0.4, 0.5) is 13.2 Å². The molecule has 0 bridgehead atoms. The lowest BCUT2D eigenvalue weighted by Crippen LogP contribution is -2.11. The first-order valence-corrected chi connectivity index (χ1v) is 8.21. The van der Waals surface area contributed by atoms with E-state index < -0.39 is 17.5 Å². The van der Waals surface area contributed by atoms with Gasteiger partial charge >= 0.3 is 0 Å². The fraction of sp³-hybridized carbons (Fsp3) is 0.400. The fourth-order valence-electron chi connectivity index (χ4n) is 3.45. The molecule has 23 heavy (non-hydrogen) atoms. The average molecular weight is 318 g/mol. The zero-order chi connectivity index (χ0) is 16.6. The van der Waals surface area contributed by atoms with Crippen molar-refractivity contribution < 1.29 is 13.2 Å². The van der Waals surface area contributed by atoms with Crippen molar-refractivity contribution in [1.82, 2.24) is 0 Å². The van der Waals surface area contributed by atoms with Crippen molar-refractivity contribution >= 4 is 0 Å². The van der Waals surface area contributed by atoms with Gasteiger partial charge in [-0.25, -0.2) is 13.2 Å². The fourth-order valence-corrected chi connectivity index (χ4v) is 3.45. The first kappa shape index (κ1) is 16.1. The van der Waals surface area contributed by atoms with Crippen LogP contribution in [0.2, 0.25) is 0 Å². The summed E-state index contributed by atoms with van der Waals surface area (Å²) in [7, 11) is 0. The van der Waals surface area contributed by atoms with Crippen molar-refractivity contribution in [1.29, 1.82) is 0 Å². The maximum atomic E-state index is 14.5. The van der Waals surface area contributed by atoms with Crippen LogP contribution in [0, 0.1) is 30.3 Å². The van der Waals surface area contributed by atoms with Crippen molar-refractivity contribution in [2.75, 3.05) is 0 Å². The van der Waals surface area contributed by atoms with Gasteiger partial charge in [0.1, 0.15) is 17.5 Å². The van der Waals surface area contributed by atoms with Gasteiger partial charge in [0, 0.05) is 11.1 Å². The minimum atomic E-state index is -0.595. The molecular formula is C20H21F3. The third-order valence-electron chi connectivity index (χ3n) is 5.02. The molecule has 3 heteroatoms. The predicted molar refractivity (Wildman–Crippen MR) is 86.9 cm³/mol. The molecule has 0 aromatic heterocycles. The van der Waals surface area contributed by atoms with Gasteiger partial charge in [0.2, 0.25) is 0 Å². The molecule has 0 radical (unpaired) electrons. The Bertz CT molecular complexity index is 713. The van der Waals surface area contributed by atoms with E-state index in [2.05, 4.69) is 6.92 Å². The molecule has 0 amide bonds. The highest BCUT2D eigenvalue weighted by molar-refractivity contribution is 5.66. The Morgan fingerprint density at radius 2 is 1.43 bits per heavy atom. The Kier molecular flexibility index (Phi) is 4.47. The molecule has 0 nitrogen and oxygen atoms in total. The second-order valence-electron chi connectivity index (χ2n) is 6.78. The summed E-state index contributed by atoms with van der Waals surface area (Å²) >= 11 is 0. The molecule has 0 aliphatic heterocycles. The quantitative estimate of drug-likeness (QED) is 0.603. The molecule has 1 saturated carbocycles. The van der Waals surface area contributed by atoms with Crippen LogP contribution in [0.15, 0.2) is 30.3 Å². The summed E-state index contributed by atoms with van der Waals surface area (Å²) in [5.41, 5.74) is 1.29. The Morgan fingerprint density at radius 1 is 0.783 bits per heavy atom. The molecule has 2 aromatic rings. The summed E-state index contributed by atoms with van der Waals surface area (Å²) in [4.78, 5) is 0. The van der Waals surface area contributed by atoms with E-state index in [1.165, 1.54) is 13.0 Å². The van der Waals surface area contributed by atoms with E-state index in [4.69, 9.17) is 0 Å². The standard InChI is InChI=1S/C20H21F3/c1-12-3-5-14(6-4-12)15-7-8-16(20(23)10-15)17-11-18(21)13(2)9-19(17)22/h7-12,14H,3-6H2,1-2H3. The van der Waals surface area contributed by atoms with Crippen LogP contribution in [0.25, 0.3) is 11.1 Å². The van der Waals surface area contributed by atoms with E-state index in [0.29, 0.717) is 5.92 Å². The van der Waals surface area contributed by atoms with Crippen LogP contribution in [0.5, 0.6) is 0 Å².